The lowest BCUT2D eigenvalue weighted by atomic mass is 10.0. The molecule has 106 valence electrons. The van der Waals surface area contributed by atoms with Gasteiger partial charge in [0.15, 0.2) is 0 Å². The van der Waals surface area contributed by atoms with E-state index in [1.54, 1.807) is 39.0 Å². The molecule has 0 aromatic heterocycles. The number of carbonyl (C=O) groups excluding carboxylic acids is 1. The molecule has 1 amide bonds. The molecule has 1 aromatic rings. The first-order valence-corrected chi connectivity index (χ1v) is 7.25. The summed E-state index contributed by atoms with van der Waals surface area (Å²) in [6, 6.07) is 6.01. The molecule has 1 rings (SSSR count). The van der Waals surface area contributed by atoms with Gasteiger partial charge in [0, 0.05) is 10.9 Å². The van der Waals surface area contributed by atoms with Crippen molar-refractivity contribution >= 4 is 22.0 Å². The van der Waals surface area contributed by atoms with E-state index in [0.29, 0.717) is 17.3 Å². The minimum atomic E-state index is -0.571. The van der Waals surface area contributed by atoms with Crippen LogP contribution in [0.15, 0.2) is 24.3 Å². The highest BCUT2D eigenvalue weighted by atomic mass is 79.9. The van der Waals surface area contributed by atoms with Gasteiger partial charge >= 0.3 is 6.09 Å². The van der Waals surface area contributed by atoms with Crippen LogP contribution in [0.25, 0.3) is 0 Å². The van der Waals surface area contributed by atoms with Crippen LogP contribution < -0.4 is 5.32 Å². The summed E-state index contributed by atoms with van der Waals surface area (Å²) >= 11 is 3.31. The molecule has 0 aliphatic carbocycles. The van der Waals surface area contributed by atoms with Crippen LogP contribution in [0.3, 0.4) is 0 Å². The summed E-state index contributed by atoms with van der Waals surface area (Å²) in [6.45, 7) is 5.36. The fourth-order valence-electron chi connectivity index (χ4n) is 1.62. The van der Waals surface area contributed by atoms with Gasteiger partial charge in [-0.05, 0) is 33.3 Å². The highest BCUT2D eigenvalue weighted by Gasteiger charge is 2.21. The van der Waals surface area contributed by atoms with Crippen molar-refractivity contribution in [1.29, 1.82) is 0 Å². The van der Waals surface area contributed by atoms with E-state index in [1.165, 1.54) is 6.07 Å². The lowest BCUT2D eigenvalue weighted by Gasteiger charge is -2.23. The minimum Gasteiger partial charge on any atom is -0.444 e. The molecule has 0 bridgehead atoms. The lowest BCUT2D eigenvalue weighted by Crippen LogP contribution is -2.35. The molecule has 0 heterocycles. The van der Waals surface area contributed by atoms with Crippen molar-refractivity contribution in [1.82, 2.24) is 5.32 Å². The standard InChI is InChI=1S/C14H19BrFNO2/c1-14(2,3)19-13(18)17-12(8-9-15)10-6-4-5-7-11(10)16/h4-7,12H,8-9H2,1-3H3,(H,17,18)/t12-/m0/s1. The van der Waals surface area contributed by atoms with Crippen molar-refractivity contribution in [2.75, 3.05) is 5.33 Å². The molecule has 0 saturated carbocycles. The summed E-state index contributed by atoms with van der Waals surface area (Å²) < 4.78 is 18.9. The lowest BCUT2D eigenvalue weighted by molar-refractivity contribution is 0.0502. The van der Waals surface area contributed by atoms with Crippen molar-refractivity contribution in [3.05, 3.63) is 35.6 Å². The monoisotopic (exact) mass is 331 g/mol. The van der Waals surface area contributed by atoms with E-state index in [0.717, 1.165) is 0 Å². The van der Waals surface area contributed by atoms with Crippen LogP contribution >= 0.6 is 15.9 Å². The zero-order valence-corrected chi connectivity index (χ0v) is 13.0. The Balaban J connectivity index is 2.79. The van der Waals surface area contributed by atoms with Crippen LogP contribution in [0.5, 0.6) is 0 Å². The summed E-state index contributed by atoms with van der Waals surface area (Å²) in [5.74, 6) is -0.329. The normalized spacial score (nSPS) is 12.9. The summed E-state index contributed by atoms with van der Waals surface area (Å²) in [7, 11) is 0. The average Bonchev–Trinajstić information content (AvgIpc) is 2.26. The number of hydrogen-bond acceptors (Lipinski definition) is 2. The molecule has 1 aromatic carbocycles. The van der Waals surface area contributed by atoms with Gasteiger partial charge in [-0.2, -0.15) is 0 Å². The van der Waals surface area contributed by atoms with Gasteiger partial charge in [0.1, 0.15) is 11.4 Å². The van der Waals surface area contributed by atoms with Crippen molar-refractivity contribution in [2.24, 2.45) is 0 Å². The van der Waals surface area contributed by atoms with E-state index in [4.69, 9.17) is 4.74 Å². The van der Waals surface area contributed by atoms with Gasteiger partial charge in [0.05, 0.1) is 6.04 Å². The van der Waals surface area contributed by atoms with Gasteiger partial charge in [-0.25, -0.2) is 9.18 Å². The number of alkyl carbamates (subject to hydrolysis) is 1. The maximum Gasteiger partial charge on any atom is 0.408 e. The van der Waals surface area contributed by atoms with Crippen LogP contribution in [-0.4, -0.2) is 17.0 Å². The smallest absolute Gasteiger partial charge is 0.408 e. The summed E-state index contributed by atoms with van der Waals surface area (Å²) in [5.41, 5.74) is -0.106. The number of hydrogen-bond donors (Lipinski definition) is 1. The Morgan fingerprint density at radius 1 is 1.42 bits per heavy atom. The van der Waals surface area contributed by atoms with Crippen LogP contribution in [-0.2, 0) is 4.74 Å². The summed E-state index contributed by atoms with van der Waals surface area (Å²) in [5, 5.41) is 3.36. The second kappa shape index (κ2) is 6.89. The van der Waals surface area contributed by atoms with Gasteiger partial charge in [-0.3, -0.25) is 0 Å². The molecule has 0 aliphatic heterocycles. The molecule has 0 fully saturated rings. The first-order chi connectivity index (χ1) is 8.83. The molecule has 1 atom stereocenters. The number of nitrogens with one attached hydrogen (secondary N) is 1. The maximum absolute atomic E-state index is 13.7. The van der Waals surface area contributed by atoms with Crippen molar-refractivity contribution < 1.29 is 13.9 Å². The number of amides is 1. The first-order valence-electron chi connectivity index (χ1n) is 6.13. The molecule has 19 heavy (non-hydrogen) atoms. The number of ether oxygens (including phenoxy) is 1. The highest BCUT2D eigenvalue weighted by molar-refractivity contribution is 9.09. The predicted molar refractivity (Wildman–Crippen MR) is 76.9 cm³/mol. The number of carbonyl (C=O) groups is 1. The third kappa shape index (κ3) is 5.59. The quantitative estimate of drug-likeness (QED) is 0.840. The fraction of sp³-hybridized carbons (Fsp3) is 0.500. The molecule has 1 N–H and O–H groups in total. The number of alkyl halides is 1. The van der Waals surface area contributed by atoms with E-state index in [2.05, 4.69) is 21.2 Å². The Kier molecular flexibility index (Phi) is 5.79. The van der Waals surface area contributed by atoms with Crippen molar-refractivity contribution in [3.63, 3.8) is 0 Å². The van der Waals surface area contributed by atoms with Crippen molar-refractivity contribution in [2.45, 2.75) is 38.8 Å². The first kappa shape index (κ1) is 16.0. The largest absolute Gasteiger partial charge is 0.444 e. The molecular weight excluding hydrogens is 313 g/mol. The molecule has 0 saturated heterocycles. The van der Waals surface area contributed by atoms with Crippen LogP contribution in [0.1, 0.15) is 38.8 Å². The van der Waals surface area contributed by atoms with Crippen LogP contribution in [0, 0.1) is 5.82 Å². The maximum atomic E-state index is 13.7. The number of rotatable bonds is 4. The van der Waals surface area contributed by atoms with Crippen LogP contribution in [0.4, 0.5) is 9.18 Å². The third-order valence-corrected chi connectivity index (χ3v) is 2.83. The van der Waals surface area contributed by atoms with Gasteiger partial charge in [0.25, 0.3) is 0 Å². The van der Waals surface area contributed by atoms with E-state index in [-0.39, 0.29) is 5.82 Å². The fourth-order valence-corrected chi connectivity index (χ4v) is 2.08. The Labute approximate surface area is 121 Å². The molecule has 0 aliphatic rings. The Bertz CT molecular complexity index is 432. The third-order valence-electron chi connectivity index (χ3n) is 2.37. The van der Waals surface area contributed by atoms with Crippen LogP contribution in [0.2, 0.25) is 0 Å². The van der Waals surface area contributed by atoms with Gasteiger partial charge in [-0.1, -0.05) is 34.1 Å². The number of benzene rings is 1. The second-order valence-electron chi connectivity index (χ2n) is 5.20. The second-order valence-corrected chi connectivity index (χ2v) is 5.99. The Morgan fingerprint density at radius 2 is 2.05 bits per heavy atom. The molecule has 3 nitrogen and oxygen atoms in total. The Morgan fingerprint density at radius 3 is 2.58 bits per heavy atom. The van der Waals surface area contributed by atoms with Gasteiger partial charge in [-0.15, -0.1) is 0 Å². The Hall–Kier alpha value is -1.10. The summed E-state index contributed by atoms with van der Waals surface area (Å²) in [6.07, 6.45) is 0.0434. The van der Waals surface area contributed by atoms with E-state index >= 15 is 0 Å². The predicted octanol–water partition coefficient (Wildman–Crippen LogP) is 4.18. The molecule has 0 spiro atoms. The van der Waals surface area contributed by atoms with Crippen molar-refractivity contribution in [3.8, 4) is 0 Å². The number of halogens is 2. The average molecular weight is 332 g/mol. The highest BCUT2D eigenvalue weighted by Crippen LogP contribution is 2.21. The zero-order chi connectivity index (χ0) is 14.5. The topological polar surface area (TPSA) is 38.3 Å². The van der Waals surface area contributed by atoms with Gasteiger partial charge < -0.3 is 10.1 Å². The zero-order valence-electron chi connectivity index (χ0n) is 11.4. The molecule has 0 unspecified atom stereocenters. The van der Waals surface area contributed by atoms with E-state index < -0.39 is 17.7 Å². The molecule has 5 heteroatoms. The van der Waals surface area contributed by atoms with Gasteiger partial charge in [0.2, 0.25) is 0 Å². The SMILES string of the molecule is CC(C)(C)OC(=O)N[C@@H](CCBr)c1ccccc1F. The van der Waals surface area contributed by atoms with E-state index in [9.17, 15) is 9.18 Å². The molecular formula is C14H19BrFNO2. The molecule has 0 radical (unpaired) electrons. The van der Waals surface area contributed by atoms with E-state index in [1.807, 2.05) is 0 Å². The minimum absolute atomic E-state index is 0.329. The summed E-state index contributed by atoms with van der Waals surface area (Å²) in [4.78, 5) is 11.8.